The monoisotopic (exact) mass is 223 g/mol. The largest absolute Gasteiger partial charge is 0.310 e. The molecule has 1 N–H and O–H groups in total. The second-order valence-corrected chi connectivity index (χ2v) is 4.31. The average Bonchev–Trinajstić information content (AvgIpc) is 2.17. The molecule has 0 spiro atoms. The lowest BCUT2D eigenvalue weighted by Crippen LogP contribution is -2.25. The fourth-order valence-electron chi connectivity index (χ4n) is 1.48. The second kappa shape index (κ2) is 5.94. The summed E-state index contributed by atoms with van der Waals surface area (Å²) in [6.07, 6.45) is 2.93. The molecule has 1 aromatic carbocycles. The molecule has 0 aliphatic heterocycles. The van der Waals surface area contributed by atoms with Gasteiger partial charge in [-0.05, 0) is 43.5 Å². The molecule has 82 valence electrons. The smallest absolute Gasteiger partial charge is 0.0408 e. The van der Waals surface area contributed by atoms with Gasteiger partial charge in [0.2, 0.25) is 0 Å². The minimum absolute atomic E-state index is 0.470. The molecule has 1 atom stereocenters. The standard InChI is InChI=1S/C13H18ClN/c1-4-5-11(3)15-9-12-6-7-13(14)8-10(12)2/h4,6-8,11,15H,1,5,9H2,2-3H3. The van der Waals surface area contributed by atoms with Crippen LogP contribution in [-0.2, 0) is 6.54 Å². The summed E-state index contributed by atoms with van der Waals surface area (Å²) in [5.41, 5.74) is 2.54. The molecule has 0 radical (unpaired) electrons. The van der Waals surface area contributed by atoms with Crippen LogP contribution in [0.25, 0.3) is 0 Å². The molecule has 0 aliphatic carbocycles. The first kappa shape index (κ1) is 12.3. The first-order valence-corrected chi connectivity index (χ1v) is 5.60. The molecule has 1 aromatic rings. The van der Waals surface area contributed by atoms with Gasteiger partial charge < -0.3 is 5.32 Å². The highest BCUT2D eigenvalue weighted by molar-refractivity contribution is 6.30. The van der Waals surface area contributed by atoms with Crippen molar-refractivity contribution in [2.45, 2.75) is 32.9 Å². The van der Waals surface area contributed by atoms with Crippen molar-refractivity contribution in [2.75, 3.05) is 0 Å². The minimum Gasteiger partial charge on any atom is -0.310 e. The summed E-state index contributed by atoms with van der Waals surface area (Å²) in [6.45, 7) is 8.86. The Morgan fingerprint density at radius 2 is 2.27 bits per heavy atom. The van der Waals surface area contributed by atoms with Gasteiger partial charge in [-0.3, -0.25) is 0 Å². The van der Waals surface area contributed by atoms with Gasteiger partial charge in [-0.15, -0.1) is 6.58 Å². The zero-order valence-electron chi connectivity index (χ0n) is 9.39. The van der Waals surface area contributed by atoms with E-state index in [1.54, 1.807) is 0 Å². The maximum atomic E-state index is 5.90. The highest BCUT2D eigenvalue weighted by Gasteiger charge is 2.01. The predicted molar refractivity (Wildman–Crippen MR) is 67.3 cm³/mol. The topological polar surface area (TPSA) is 12.0 Å². The molecule has 1 nitrogen and oxygen atoms in total. The third-order valence-corrected chi connectivity index (χ3v) is 2.70. The minimum atomic E-state index is 0.470. The van der Waals surface area contributed by atoms with Gasteiger partial charge in [0.25, 0.3) is 0 Å². The first-order chi connectivity index (χ1) is 7.13. The number of hydrogen-bond donors (Lipinski definition) is 1. The third kappa shape index (κ3) is 4.06. The van der Waals surface area contributed by atoms with Crippen LogP contribution in [0.3, 0.4) is 0 Å². The molecule has 1 rings (SSSR count). The Kier molecular flexibility index (Phi) is 4.86. The van der Waals surface area contributed by atoms with Crippen LogP contribution in [0.15, 0.2) is 30.9 Å². The molecule has 0 saturated heterocycles. The molecular weight excluding hydrogens is 206 g/mol. The van der Waals surface area contributed by atoms with Crippen molar-refractivity contribution in [1.29, 1.82) is 0 Å². The van der Waals surface area contributed by atoms with E-state index in [0.29, 0.717) is 6.04 Å². The zero-order chi connectivity index (χ0) is 11.3. The van der Waals surface area contributed by atoms with Crippen LogP contribution in [0.5, 0.6) is 0 Å². The summed E-state index contributed by atoms with van der Waals surface area (Å²) >= 11 is 5.90. The highest BCUT2D eigenvalue weighted by atomic mass is 35.5. The van der Waals surface area contributed by atoms with Crippen LogP contribution in [-0.4, -0.2) is 6.04 Å². The van der Waals surface area contributed by atoms with E-state index < -0.39 is 0 Å². The van der Waals surface area contributed by atoms with Crippen LogP contribution in [0, 0.1) is 6.92 Å². The van der Waals surface area contributed by atoms with Gasteiger partial charge in [-0.2, -0.15) is 0 Å². The van der Waals surface area contributed by atoms with Gasteiger partial charge in [-0.1, -0.05) is 23.7 Å². The summed E-state index contributed by atoms with van der Waals surface area (Å²) < 4.78 is 0. The molecular formula is C13H18ClN. The van der Waals surface area contributed by atoms with E-state index in [4.69, 9.17) is 11.6 Å². The Hall–Kier alpha value is -0.790. The SMILES string of the molecule is C=CCC(C)NCc1ccc(Cl)cc1C. The van der Waals surface area contributed by atoms with Gasteiger partial charge in [0, 0.05) is 17.6 Å². The fraction of sp³-hybridized carbons (Fsp3) is 0.385. The fourth-order valence-corrected chi connectivity index (χ4v) is 1.70. The number of halogens is 1. The average molecular weight is 224 g/mol. The Morgan fingerprint density at radius 3 is 2.87 bits per heavy atom. The number of hydrogen-bond acceptors (Lipinski definition) is 1. The molecule has 0 heterocycles. The molecule has 0 saturated carbocycles. The lowest BCUT2D eigenvalue weighted by Gasteiger charge is -2.13. The molecule has 0 fully saturated rings. The lowest BCUT2D eigenvalue weighted by molar-refractivity contribution is 0.553. The number of rotatable bonds is 5. The van der Waals surface area contributed by atoms with Crippen molar-refractivity contribution < 1.29 is 0 Å². The van der Waals surface area contributed by atoms with E-state index in [1.165, 1.54) is 11.1 Å². The Bertz CT molecular complexity index is 333. The van der Waals surface area contributed by atoms with Crippen LogP contribution in [0.1, 0.15) is 24.5 Å². The van der Waals surface area contributed by atoms with Crippen LogP contribution in [0.2, 0.25) is 5.02 Å². The van der Waals surface area contributed by atoms with Crippen LogP contribution < -0.4 is 5.32 Å². The van der Waals surface area contributed by atoms with Crippen LogP contribution >= 0.6 is 11.6 Å². The molecule has 15 heavy (non-hydrogen) atoms. The summed E-state index contributed by atoms with van der Waals surface area (Å²) in [5, 5.41) is 4.25. The van der Waals surface area contributed by atoms with Crippen molar-refractivity contribution in [3.63, 3.8) is 0 Å². The second-order valence-electron chi connectivity index (χ2n) is 3.88. The predicted octanol–water partition coefficient (Wildman–Crippen LogP) is 3.70. The number of benzene rings is 1. The van der Waals surface area contributed by atoms with E-state index >= 15 is 0 Å². The summed E-state index contributed by atoms with van der Waals surface area (Å²) in [5.74, 6) is 0. The maximum Gasteiger partial charge on any atom is 0.0408 e. The number of nitrogens with one attached hydrogen (secondary N) is 1. The van der Waals surface area contributed by atoms with Gasteiger partial charge in [-0.25, -0.2) is 0 Å². The van der Waals surface area contributed by atoms with Crippen molar-refractivity contribution in [3.8, 4) is 0 Å². The van der Waals surface area contributed by atoms with E-state index in [2.05, 4.69) is 31.8 Å². The molecule has 2 heteroatoms. The lowest BCUT2D eigenvalue weighted by atomic mass is 10.1. The van der Waals surface area contributed by atoms with Gasteiger partial charge in [0.05, 0.1) is 0 Å². The highest BCUT2D eigenvalue weighted by Crippen LogP contribution is 2.15. The van der Waals surface area contributed by atoms with Crippen molar-refractivity contribution in [3.05, 3.63) is 47.0 Å². The Labute approximate surface area is 97.1 Å². The normalized spacial score (nSPS) is 12.5. The zero-order valence-corrected chi connectivity index (χ0v) is 10.1. The van der Waals surface area contributed by atoms with E-state index in [9.17, 15) is 0 Å². The summed E-state index contributed by atoms with van der Waals surface area (Å²) in [7, 11) is 0. The Balaban J connectivity index is 2.54. The summed E-state index contributed by atoms with van der Waals surface area (Å²) in [4.78, 5) is 0. The third-order valence-electron chi connectivity index (χ3n) is 2.47. The summed E-state index contributed by atoms with van der Waals surface area (Å²) in [6, 6.07) is 6.48. The molecule has 0 aromatic heterocycles. The molecule has 0 amide bonds. The van der Waals surface area contributed by atoms with Crippen LogP contribution in [0.4, 0.5) is 0 Å². The van der Waals surface area contributed by atoms with E-state index in [0.717, 1.165) is 18.0 Å². The molecule has 1 unspecified atom stereocenters. The van der Waals surface area contributed by atoms with Gasteiger partial charge >= 0.3 is 0 Å². The van der Waals surface area contributed by atoms with Crippen molar-refractivity contribution in [2.24, 2.45) is 0 Å². The number of aryl methyl sites for hydroxylation is 1. The van der Waals surface area contributed by atoms with Crippen molar-refractivity contribution in [1.82, 2.24) is 5.32 Å². The van der Waals surface area contributed by atoms with Crippen molar-refractivity contribution >= 4 is 11.6 Å². The molecule has 0 aliphatic rings. The quantitative estimate of drug-likeness (QED) is 0.751. The van der Waals surface area contributed by atoms with E-state index in [-0.39, 0.29) is 0 Å². The van der Waals surface area contributed by atoms with E-state index in [1.807, 2.05) is 18.2 Å². The van der Waals surface area contributed by atoms with Gasteiger partial charge in [0.15, 0.2) is 0 Å². The first-order valence-electron chi connectivity index (χ1n) is 5.22. The van der Waals surface area contributed by atoms with Gasteiger partial charge in [0.1, 0.15) is 0 Å². The molecule has 0 bridgehead atoms. The Morgan fingerprint density at radius 1 is 1.53 bits per heavy atom. The maximum absolute atomic E-state index is 5.90.